The van der Waals surface area contributed by atoms with Crippen LogP contribution in [0.1, 0.15) is 26.7 Å². The van der Waals surface area contributed by atoms with Crippen molar-refractivity contribution in [3.63, 3.8) is 0 Å². The van der Waals surface area contributed by atoms with Crippen LogP contribution < -0.4 is 14.9 Å². The Morgan fingerprint density at radius 3 is 2.70 bits per heavy atom. The average molecular weight is 556 g/mol. The van der Waals surface area contributed by atoms with E-state index in [1.54, 1.807) is 31.0 Å². The van der Waals surface area contributed by atoms with E-state index in [0.717, 1.165) is 6.08 Å². The fraction of sp³-hybridized carbons (Fsp3) is 0.458. The summed E-state index contributed by atoms with van der Waals surface area (Å²) >= 11 is 5.91. The van der Waals surface area contributed by atoms with E-state index in [1.807, 2.05) is 12.2 Å². The number of hydrogen-bond donors (Lipinski definition) is 2. The first kappa shape index (κ1) is 30.4. The Labute approximate surface area is 221 Å². The molecule has 11 nitrogen and oxygen atoms in total. The van der Waals surface area contributed by atoms with Gasteiger partial charge in [0.05, 0.1) is 24.7 Å². The molecule has 13 heteroatoms. The van der Waals surface area contributed by atoms with E-state index in [2.05, 4.69) is 11.0 Å². The molecule has 1 aliphatic rings. The predicted octanol–water partition coefficient (Wildman–Crippen LogP) is 2.86. The normalized spacial score (nSPS) is 21.4. The van der Waals surface area contributed by atoms with E-state index in [-0.39, 0.29) is 30.8 Å². The van der Waals surface area contributed by atoms with Gasteiger partial charge in [-0.15, -0.1) is 6.42 Å². The van der Waals surface area contributed by atoms with E-state index in [0.29, 0.717) is 17.9 Å². The van der Waals surface area contributed by atoms with Crippen molar-refractivity contribution < 1.29 is 37.5 Å². The first-order chi connectivity index (χ1) is 17.6. The molecule has 1 aromatic rings. The first-order valence-corrected chi connectivity index (χ1v) is 13.4. The van der Waals surface area contributed by atoms with Crippen molar-refractivity contribution in [3.05, 3.63) is 41.6 Å². The van der Waals surface area contributed by atoms with E-state index in [1.165, 1.54) is 18.3 Å². The molecule has 0 aliphatic carbocycles. The molecule has 0 spiro atoms. The highest BCUT2D eigenvalue weighted by atomic mass is 35.5. The minimum absolute atomic E-state index is 0.170. The zero-order chi connectivity index (χ0) is 27.4. The lowest BCUT2D eigenvalue weighted by Gasteiger charge is -2.25. The standard InChI is InChI=1S/C24H31ClN3O8P/c1-5-17(3)34-23(31)14-27-37(32,36-20-9-7-19(25)8-10-20)33-15-21-13-18(6-2)24(35-21)28(4)12-11-22(30)26-16-29/h2,7-12,16-18,21,24H,5,13-15H2,1,3-4H3,(H,27,32)(H,26,29,30)/b12-11-. The lowest BCUT2D eigenvalue weighted by atomic mass is 10.0. The number of nitrogens with zero attached hydrogens (tertiary/aromatic N) is 1. The molecule has 0 aromatic heterocycles. The van der Waals surface area contributed by atoms with Gasteiger partial charge in [-0.3, -0.25) is 24.2 Å². The lowest BCUT2D eigenvalue weighted by molar-refractivity contribution is -0.147. The Morgan fingerprint density at radius 1 is 1.38 bits per heavy atom. The number of carbonyl (C=O) groups is 3. The number of halogens is 1. The first-order valence-electron chi connectivity index (χ1n) is 11.5. The third-order valence-electron chi connectivity index (χ3n) is 5.26. The maximum Gasteiger partial charge on any atom is 0.459 e. The summed E-state index contributed by atoms with van der Waals surface area (Å²) in [5.41, 5.74) is 0. The van der Waals surface area contributed by atoms with Gasteiger partial charge in [0.2, 0.25) is 6.41 Å². The molecular formula is C24H31ClN3O8P. The second kappa shape index (κ2) is 14.8. The minimum Gasteiger partial charge on any atom is -0.462 e. The van der Waals surface area contributed by atoms with Gasteiger partial charge in [0, 0.05) is 24.3 Å². The van der Waals surface area contributed by atoms with Gasteiger partial charge in [-0.25, -0.2) is 9.65 Å². The summed E-state index contributed by atoms with van der Waals surface area (Å²) in [6, 6.07) is 6.13. The molecule has 202 valence electrons. The van der Waals surface area contributed by atoms with Crippen LogP contribution in [0.5, 0.6) is 5.75 Å². The second-order valence-corrected chi connectivity index (χ2v) is 10.3. The highest BCUT2D eigenvalue weighted by Gasteiger charge is 2.38. The Kier molecular flexibility index (Phi) is 12.1. The van der Waals surface area contributed by atoms with Crippen LogP contribution in [0.2, 0.25) is 5.02 Å². The molecule has 5 unspecified atom stereocenters. The molecule has 2 N–H and O–H groups in total. The molecule has 1 fully saturated rings. The van der Waals surface area contributed by atoms with Crippen LogP contribution in [-0.4, -0.2) is 61.8 Å². The number of esters is 1. The quantitative estimate of drug-likeness (QED) is 0.116. The summed E-state index contributed by atoms with van der Waals surface area (Å²) in [7, 11) is -2.40. The summed E-state index contributed by atoms with van der Waals surface area (Å²) in [4.78, 5) is 35.6. The van der Waals surface area contributed by atoms with Crippen LogP contribution in [0.4, 0.5) is 0 Å². The second-order valence-electron chi connectivity index (χ2n) is 8.15. The third-order valence-corrected chi connectivity index (χ3v) is 7.00. The van der Waals surface area contributed by atoms with E-state index in [4.69, 9.17) is 36.5 Å². The average Bonchev–Trinajstić information content (AvgIpc) is 3.30. The topological polar surface area (TPSA) is 132 Å². The molecule has 2 rings (SSSR count). The summed E-state index contributed by atoms with van der Waals surface area (Å²) in [5, 5.41) is 4.98. The fourth-order valence-electron chi connectivity index (χ4n) is 3.19. The van der Waals surface area contributed by atoms with Crippen molar-refractivity contribution in [1.82, 2.24) is 15.3 Å². The number of hydrogen-bond acceptors (Lipinski definition) is 9. The molecule has 0 radical (unpaired) electrons. The number of terminal acetylenes is 1. The zero-order valence-corrected chi connectivity index (χ0v) is 22.4. The van der Waals surface area contributed by atoms with E-state index >= 15 is 0 Å². The molecule has 37 heavy (non-hydrogen) atoms. The highest BCUT2D eigenvalue weighted by Crippen LogP contribution is 2.45. The molecule has 0 saturated carbocycles. The van der Waals surface area contributed by atoms with Crippen molar-refractivity contribution in [2.24, 2.45) is 5.92 Å². The van der Waals surface area contributed by atoms with Gasteiger partial charge in [0.15, 0.2) is 0 Å². The summed E-state index contributed by atoms with van der Waals surface area (Å²) in [6.45, 7) is 3.03. The number of rotatable bonds is 14. The minimum atomic E-state index is -4.06. The largest absolute Gasteiger partial charge is 0.462 e. The zero-order valence-electron chi connectivity index (χ0n) is 20.8. The number of benzene rings is 1. The molecule has 1 heterocycles. The number of carbonyl (C=O) groups excluding carboxylic acids is 3. The third kappa shape index (κ3) is 10.2. The van der Waals surface area contributed by atoms with E-state index < -0.39 is 38.5 Å². The molecule has 1 saturated heterocycles. The Hall–Kier alpha value is -2.87. The van der Waals surface area contributed by atoms with Gasteiger partial charge >= 0.3 is 13.7 Å². The molecule has 1 aromatic carbocycles. The Bertz CT molecular complexity index is 1050. The maximum absolute atomic E-state index is 13.5. The number of nitrogens with one attached hydrogen (secondary N) is 2. The van der Waals surface area contributed by atoms with Gasteiger partial charge in [-0.05, 0) is 44.0 Å². The van der Waals surface area contributed by atoms with Crippen molar-refractivity contribution in [3.8, 4) is 18.1 Å². The SMILES string of the molecule is C#CC1CC(COP(=O)(NCC(=O)OC(C)CC)Oc2ccc(Cl)cc2)OC1N(C)/C=C\C(=O)NC=O. The molecule has 5 atom stereocenters. The maximum atomic E-state index is 13.5. The van der Waals surface area contributed by atoms with Gasteiger partial charge in [0.25, 0.3) is 5.91 Å². The van der Waals surface area contributed by atoms with E-state index in [9.17, 15) is 18.9 Å². The van der Waals surface area contributed by atoms with Gasteiger partial charge < -0.3 is 18.9 Å². The highest BCUT2D eigenvalue weighted by molar-refractivity contribution is 7.52. The molecule has 0 bridgehead atoms. The fourth-order valence-corrected chi connectivity index (χ4v) is 4.61. The van der Waals surface area contributed by atoms with Crippen molar-refractivity contribution >= 4 is 37.6 Å². The van der Waals surface area contributed by atoms with Crippen LogP contribution in [0, 0.1) is 18.3 Å². The molecule has 2 amide bonds. The van der Waals surface area contributed by atoms with Crippen LogP contribution >= 0.6 is 19.3 Å². The predicted molar refractivity (Wildman–Crippen MR) is 136 cm³/mol. The van der Waals surface area contributed by atoms with Crippen molar-refractivity contribution in [2.45, 2.75) is 45.1 Å². The number of imide groups is 1. The van der Waals surface area contributed by atoms with Crippen LogP contribution in [0.3, 0.4) is 0 Å². The number of amides is 2. The van der Waals surface area contributed by atoms with Gasteiger partial charge in [-0.1, -0.05) is 24.4 Å². The molecule has 1 aliphatic heterocycles. The Morgan fingerprint density at radius 2 is 2.08 bits per heavy atom. The molecular weight excluding hydrogens is 525 g/mol. The van der Waals surface area contributed by atoms with Gasteiger partial charge in [-0.2, -0.15) is 0 Å². The monoisotopic (exact) mass is 555 g/mol. The Balaban J connectivity index is 2.06. The van der Waals surface area contributed by atoms with Crippen molar-refractivity contribution in [1.29, 1.82) is 0 Å². The van der Waals surface area contributed by atoms with Crippen LogP contribution in [-0.2, 0) is 32.9 Å². The van der Waals surface area contributed by atoms with Crippen LogP contribution in [0.15, 0.2) is 36.5 Å². The van der Waals surface area contributed by atoms with Crippen LogP contribution in [0.25, 0.3) is 0 Å². The summed E-state index contributed by atoms with van der Waals surface area (Å²) in [5.74, 6) is 1.26. The smallest absolute Gasteiger partial charge is 0.459 e. The summed E-state index contributed by atoms with van der Waals surface area (Å²) < 4.78 is 35.9. The number of ether oxygens (including phenoxy) is 2. The lowest BCUT2D eigenvalue weighted by Crippen LogP contribution is -2.33. The summed E-state index contributed by atoms with van der Waals surface area (Å²) in [6.07, 6.45) is 8.05. The van der Waals surface area contributed by atoms with Crippen molar-refractivity contribution in [2.75, 3.05) is 20.2 Å². The van der Waals surface area contributed by atoms with Gasteiger partial charge in [0.1, 0.15) is 18.5 Å².